The minimum atomic E-state index is 0.0610. The molecule has 2 rings (SSSR count). The van der Waals surface area contributed by atoms with Gasteiger partial charge in [-0.3, -0.25) is 4.79 Å². The van der Waals surface area contributed by atoms with E-state index in [0.29, 0.717) is 13.2 Å². The van der Waals surface area contributed by atoms with Crippen LogP contribution in [0, 0.1) is 0 Å². The summed E-state index contributed by atoms with van der Waals surface area (Å²) in [6.07, 6.45) is 2.70. The maximum atomic E-state index is 11.7. The number of nitrogens with one attached hydrogen (secondary N) is 2. The van der Waals surface area contributed by atoms with Crippen molar-refractivity contribution in [3.8, 4) is 5.75 Å². The predicted molar refractivity (Wildman–Crippen MR) is 81.4 cm³/mol. The van der Waals surface area contributed by atoms with Crippen LogP contribution in [0.4, 0.5) is 0 Å². The summed E-state index contributed by atoms with van der Waals surface area (Å²) >= 11 is 0. The highest BCUT2D eigenvalue weighted by Crippen LogP contribution is 2.08. The lowest BCUT2D eigenvalue weighted by Gasteiger charge is -2.23. The fourth-order valence-corrected chi connectivity index (χ4v) is 2.23. The zero-order valence-electron chi connectivity index (χ0n) is 12.3. The lowest BCUT2D eigenvalue weighted by Crippen LogP contribution is -2.43. The van der Waals surface area contributed by atoms with E-state index in [4.69, 9.17) is 9.47 Å². The largest absolute Gasteiger partial charge is 0.494 e. The number of ether oxygens (including phenoxy) is 2. The van der Waals surface area contributed by atoms with Crippen molar-refractivity contribution in [2.45, 2.75) is 25.3 Å². The molecule has 116 valence electrons. The number of carbonyl (C=O) groups excluding carboxylic acids is 1. The highest BCUT2D eigenvalue weighted by atomic mass is 16.5. The molecule has 1 amide bonds. The fraction of sp³-hybridized carbons (Fsp3) is 0.562. The summed E-state index contributed by atoms with van der Waals surface area (Å²) in [6.45, 7) is 3.28. The molecule has 0 bridgehead atoms. The Hall–Kier alpha value is -1.59. The first-order valence-corrected chi connectivity index (χ1v) is 7.60. The molecule has 1 aromatic rings. The van der Waals surface area contributed by atoms with Gasteiger partial charge >= 0.3 is 0 Å². The fourth-order valence-electron chi connectivity index (χ4n) is 2.23. The molecule has 0 spiro atoms. The van der Waals surface area contributed by atoms with Crippen LogP contribution in [-0.4, -0.2) is 44.9 Å². The molecule has 1 heterocycles. The molecule has 1 fully saturated rings. The van der Waals surface area contributed by atoms with Gasteiger partial charge in [-0.05, 0) is 37.9 Å². The number of benzene rings is 1. The molecule has 1 aliphatic rings. The Morgan fingerprint density at radius 2 is 2.00 bits per heavy atom. The van der Waals surface area contributed by atoms with Gasteiger partial charge in [0.2, 0.25) is 5.91 Å². The molecule has 0 unspecified atom stereocenters. The van der Waals surface area contributed by atoms with E-state index in [1.807, 2.05) is 30.3 Å². The van der Waals surface area contributed by atoms with Gasteiger partial charge in [-0.2, -0.15) is 0 Å². The molecule has 5 nitrogen and oxygen atoms in total. The van der Waals surface area contributed by atoms with Gasteiger partial charge in [-0.25, -0.2) is 0 Å². The van der Waals surface area contributed by atoms with Gasteiger partial charge in [0.25, 0.3) is 0 Å². The Morgan fingerprint density at radius 1 is 1.24 bits per heavy atom. The third-order valence-electron chi connectivity index (χ3n) is 3.38. The highest BCUT2D eigenvalue weighted by Gasteiger charge is 2.15. The number of para-hydroxylation sites is 1. The molecule has 0 atom stereocenters. The van der Waals surface area contributed by atoms with Crippen LogP contribution in [0.1, 0.15) is 19.3 Å². The smallest absolute Gasteiger partial charge is 0.234 e. The molecule has 1 aromatic carbocycles. The molecular formula is C16H24N2O3. The Kier molecular flexibility index (Phi) is 7.04. The van der Waals surface area contributed by atoms with Crippen molar-refractivity contribution in [3.05, 3.63) is 30.3 Å². The van der Waals surface area contributed by atoms with E-state index in [2.05, 4.69) is 10.6 Å². The van der Waals surface area contributed by atoms with Crippen LogP contribution in [0.2, 0.25) is 0 Å². The van der Waals surface area contributed by atoms with Gasteiger partial charge in [-0.15, -0.1) is 0 Å². The van der Waals surface area contributed by atoms with Crippen molar-refractivity contribution in [1.82, 2.24) is 10.6 Å². The monoisotopic (exact) mass is 292 g/mol. The predicted octanol–water partition coefficient (Wildman–Crippen LogP) is 1.34. The average molecular weight is 292 g/mol. The second-order valence-electron chi connectivity index (χ2n) is 5.15. The van der Waals surface area contributed by atoms with Gasteiger partial charge in [0.1, 0.15) is 5.75 Å². The lowest BCUT2D eigenvalue weighted by molar-refractivity contribution is -0.121. The van der Waals surface area contributed by atoms with Gasteiger partial charge in [-0.1, -0.05) is 18.2 Å². The summed E-state index contributed by atoms with van der Waals surface area (Å²) in [6, 6.07) is 10.0. The maximum Gasteiger partial charge on any atom is 0.234 e. The van der Waals surface area contributed by atoms with E-state index >= 15 is 0 Å². The number of rotatable bonds is 8. The van der Waals surface area contributed by atoms with E-state index in [1.165, 1.54) is 0 Å². The average Bonchev–Trinajstić information content (AvgIpc) is 2.53. The zero-order valence-corrected chi connectivity index (χ0v) is 12.3. The summed E-state index contributed by atoms with van der Waals surface area (Å²) in [5, 5.41) is 6.16. The van der Waals surface area contributed by atoms with Crippen LogP contribution in [0.25, 0.3) is 0 Å². The zero-order chi connectivity index (χ0) is 14.8. The first-order chi connectivity index (χ1) is 10.3. The molecule has 0 radical (unpaired) electrons. The van der Waals surface area contributed by atoms with Gasteiger partial charge < -0.3 is 20.1 Å². The van der Waals surface area contributed by atoms with E-state index in [-0.39, 0.29) is 11.9 Å². The number of hydrogen-bond donors (Lipinski definition) is 2. The van der Waals surface area contributed by atoms with Gasteiger partial charge in [0.05, 0.1) is 13.2 Å². The Morgan fingerprint density at radius 3 is 2.76 bits per heavy atom. The van der Waals surface area contributed by atoms with Crippen LogP contribution >= 0.6 is 0 Å². The second-order valence-corrected chi connectivity index (χ2v) is 5.15. The number of hydrogen-bond acceptors (Lipinski definition) is 4. The first-order valence-electron chi connectivity index (χ1n) is 7.60. The highest BCUT2D eigenvalue weighted by molar-refractivity contribution is 5.78. The van der Waals surface area contributed by atoms with Crippen LogP contribution in [-0.2, 0) is 9.53 Å². The van der Waals surface area contributed by atoms with Crippen LogP contribution in [0.15, 0.2) is 30.3 Å². The Balaban J connectivity index is 1.46. The SMILES string of the molecule is O=C(CNCCCOc1ccccc1)NC1CCOCC1. The van der Waals surface area contributed by atoms with Crippen molar-refractivity contribution < 1.29 is 14.3 Å². The van der Waals surface area contributed by atoms with Gasteiger partial charge in [0.15, 0.2) is 0 Å². The second kappa shape index (κ2) is 9.37. The molecular weight excluding hydrogens is 268 g/mol. The van der Waals surface area contributed by atoms with Crippen molar-refractivity contribution in [3.63, 3.8) is 0 Å². The third kappa shape index (κ3) is 6.60. The summed E-state index contributed by atoms with van der Waals surface area (Å²) in [5.41, 5.74) is 0. The standard InChI is InChI=1S/C16H24N2O3/c19-16(18-14-7-11-20-12-8-14)13-17-9-4-10-21-15-5-2-1-3-6-15/h1-3,5-6,14,17H,4,7-13H2,(H,18,19). The van der Waals surface area contributed by atoms with Crippen molar-refractivity contribution in [2.24, 2.45) is 0 Å². The van der Waals surface area contributed by atoms with E-state index in [1.54, 1.807) is 0 Å². The summed E-state index contributed by atoms with van der Waals surface area (Å²) < 4.78 is 10.8. The molecule has 21 heavy (non-hydrogen) atoms. The van der Waals surface area contributed by atoms with E-state index in [0.717, 1.165) is 44.8 Å². The Bertz CT molecular complexity index is 405. The molecule has 1 saturated heterocycles. The molecule has 0 aromatic heterocycles. The molecule has 2 N–H and O–H groups in total. The van der Waals surface area contributed by atoms with Gasteiger partial charge in [0, 0.05) is 19.3 Å². The minimum Gasteiger partial charge on any atom is -0.494 e. The Labute approximate surface area is 126 Å². The van der Waals surface area contributed by atoms with Crippen LogP contribution < -0.4 is 15.4 Å². The first kappa shape index (κ1) is 15.8. The van der Waals surface area contributed by atoms with E-state index < -0.39 is 0 Å². The molecule has 1 aliphatic heterocycles. The van der Waals surface area contributed by atoms with Crippen molar-refractivity contribution in [1.29, 1.82) is 0 Å². The summed E-state index contributed by atoms with van der Waals surface area (Å²) in [7, 11) is 0. The third-order valence-corrected chi connectivity index (χ3v) is 3.38. The normalized spacial score (nSPS) is 15.6. The lowest BCUT2D eigenvalue weighted by atomic mass is 10.1. The molecule has 0 aliphatic carbocycles. The van der Waals surface area contributed by atoms with Crippen molar-refractivity contribution in [2.75, 3.05) is 32.9 Å². The summed E-state index contributed by atoms with van der Waals surface area (Å²) in [5.74, 6) is 0.945. The van der Waals surface area contributed by atoms with Crippen molar-refractivity contribution >= 4 is 5.91 Å². The quantitative estimate of drug-likeness (QED) is 0.710. The minimum absolute atomic E-state index is 0.0610. The van der Waals surface area contributed by atoms with Crippen LogP contribution in [0.5, 0.6) is 5.75 Å². The number of carbonyl (C=O) groups is 1. The van der Waals surface area contributed by atoms with E-state index in [9.17, 15) is 4.79 Å². The molecule has 5 heteroatoms. The number of amides is 1. The maximum absolute atomic E-state index is 11.7. The molecule has 0 saturated carbocycles. The summed E-state index contributed by atoms with van der Waals surface area (Å²) in [4.78, 5) is 11.7. The van der Waals surface area contributed by atoms with Crippen LogP contribution in [0.3, 0.4) is 0 Å². The topological polar surface area (TPSA) is 59.6 Å².